The number of hydrogen-bond acceptors (Lipinski definition) is 5. The minimum absolute atomic E-state index is 0. The topological polar surface area (TPSA) is 110 Å². The number of nitrogens with two attached hydrogens (primary N) is 1. The zero-order valence-corrected chi connectivity index (χ0v) is 15.1. The first-order chi connectivity index (χ1) is 12.1. The predicted octanol–water partition coefficient (Wildman–Crippen LogP) is 3.10. The summed E-state index contributed by atoms with van der Waals surface area (Å²) in [6.07, 6.45) is 1.60. The highest BCUT2D eigenvalue weighted by Gasteiger charge is 2.17. The highest BCUT2D eigenvalue weighted by atomic mass is 35.5. The zero-order chi connectivity index (χ0) is 18.1. The molecule has 0 spiro atoms. The van der Waals surface area contributed by atoms with E-state index in [1.54, 1.807) is 12.1 Å². The summed E-state index contributed by atoms with van der Waals surface area (Å²) in [7, 11) is 0. The van der Waals surface area contributed by atoms with Crippen LogP contribution in [-0.4, -0.2) is 23.9 Å². The maximum absolute atomic E-state index is 12.1. The molecule has 0 aliphatic heterocycles. The van der Waals surface area contributed by atoms with Crippen LogP contribution in [0.2, 0.25) is 0 Å². The maximum atomic E-state index is 12.1. The van der Waals surface area contributed by atoms with Gasteiger partial charge >= 0.3 is 0 Å². The molecule has 0 unspecified atom stereocenters. The molecular weight excluding hydrogens is 356 g/mol. The van der Waals surface area contributed by atoms with Gasteiger partial charge in [-0.25, -0.2) is 0 Å². The summed E-state index contributed by atoms with van der Waals surface area (Å²) in [6, 6.07) is 14.0. The van der Waals surface area contributed by atoms with Crippen molar-refractivity contribution in [2.75, 3.05) is 18.4 Å². The molecule has 0 fully saturated rings. The second kappa shape index (κ2) is 11.1. The molecule has 0 bridgehead atoms. The molecule has 0 saturated carbocycles. The van der Waals surface area contributed by atoms with Gasteiger partial charge in [0.15, 0.2) is 0 Å². The van der Waals surface area contributed by atoms with Gasteiger partial charge in [-0.3, -0.25) is 14.9 Å². The van der Waals surface area contributed by atoms with Crippen LogP contribution in [0.3, 0.4) is 0 Å². The van der Waals surface area contributed by atoms with E-state index in [0.717, 1.165) is 18.4 Å². The Morgan fingerprint density at radius 3 is 2.50 bits per heavy atom. The van der Waals surface area contributed by atoms with E-state index in [9.17, 15) is 14.9 Å². The Kier molecular flexibility index (Phi) is 9.11. The minimum atomic E-state index is -0.488. The van der Waals surface area contributed by atoms with Gasteiger partial charge in [-0.05, 0) is 37.1 Å². The Balaban J connectivity index is 0.00000338. The SMILES string of the molecule is Cl.NCCCCNC(=O)c1ccc(NCc2ccccc2)c([N+](=O)[O-])c1. The number of nitro benzene ring substituents is 1. The summed E-state index contributed by atoms with van der Waals surface area (Å²) in [5.74, 6) is -0.324. The lowest BCUT2D eigenvalue weighted by Gasteiger charge is -2.09. The highest BCUT2D eigenvalue weighted by molar-refractivity contribution is 5.95. The Hall–Kier alpha value is -2.64. The second-order valence-electron chi connectivity index (χ2n) is 5.58. The van der Waals surface area contributed by atoms with E-state index in [-0.39, 0.29) is 29.6 Å². The van der Waals surface area contributed by atoms with E-state index in [1.165, 1.54) is 6.07 Å². The average molecular weight is 379 g/mol. The van der Waals surface area contributed by atoms with Crippen molar-refractivity contribution in [1.29, 1.82) is 0 Å². The molecule has 0 radical (unpaired) electrons. The van der Waals surface area contributed by atoms with Crippen LogP contribution in [0, 0.1) is 10.1 Å². The van der Waals surface area contributed by atoms with Crippen molar-refractivity contribution < 1.29 is 9.72 Å². The van der Waals surface area contributed by atoms with Gasteiger partial charge < -0.3 is 16.4 Å². The van der Waals surface area contributed by atoms with Crippen molar-refractivity contribution in [3.05, 3.63) is 69.8 Å². The van der Waals surface area contributed by atoms with Crippen LogP contribution in [-0.2, 0) is 6.54 Å². The van der Waals surface area contributed by atoms with Crippen LogP contribution < -0.4 is 16.4 Å². The number of nitrogens with zero attached hydrogens (tertiary/aromatic N) is 1. The molecule has 0 heterocycles. The molecule has 0 aliphatic rings. The van der Waals surface area contributed by atoms with E-state index in [1.807, 2.05) is 30.3 Å². The third-order valence-corrected chi connectivity index (χ3v) is 3.70. The van der Waals surface area contributed by atoms with Crippen LogP contribution in [0.15, 0.2) is 48.5 Å². The Bertz CT molecular complexity index is 726. The fourth-order valence-corrected chi connectivity index (χ4v) is 2.34. The lowest BCUT2D eigenvalue weighted by atomic mass is 10.1. The summed E-state index contributed by atoms with van der Waals surface area (Å²) in [5, 5.41) is 17.1. The minimum Gasteiger partial charge on any atom is -0.375 e. The van der Waals surface area contributed by atoms with E-state index >= 15 is 0 Å². The van der Waals surface area contributed by atoms with E-state index in [0.29, 0.717) is 25.3 Å². The first-order valence-electron chi connectivity index (χ1n) is 8.16. The maximum Gasteiger partial charge on any atom is 0.293 e. The van der Waals surface area contributed by atoms with Crippen molar-refractivity contribution >= 4 is 29.7 Å². The number of halogens is 1. The Morgan fingerprint density at radius 2 is 1.85 bits per heavy atom. The number of nitrogens with one attached hydrogen (secondary N) is 2. The quantitative estimate of drug-likeness (QED) is 0.353. The van der Waals surface area contributed by atoms with Gasteiger partial charge in [0, 0.05) is 24.7 Å². The van der Waals surface area contributed by atoms with Crippen LogP contribution in [0.1, 0.15) is 28.8 Å². The van der Waals surface area contributed by atoms with Gasteiger partial charge in [0.2, 0.25) is 0 Å². The first kappa shape index (κ1) is 21.4. The molecule has 140 valence electrons. The standard InChI is InChI=1S/C18H22N4O3.ClH/c19-10-4-5-11-20-18(23)15-8-9-16(17(12-15)22(24)25)21-13-14-6-2-1-3-7-14;/h1-3,6-9,12,21H,4-5,10-11,13,19H2,(H,20,23);1H. The number of nitro groups is 1. The molecule has 0 saturated heterocycles. The van der Waals surface area contributed by atoms with Crippen LogP contribution in [0.4, 0.5) is 11.4 Å². The first-order valence-corrected chi connectivity index (χ1v) is 8.16. The third kappa shape index (κ3) is 6.34. The fourth-order valence-electron chi connectivity index (χ4n) is 2.34. The van der Waals surface area contributed by atoms with E-state index in [2.05, 4.69) is 10.6 Å². The number of carbonyl (C=O) groups is 1. The van der Waals surface area contributed by atoms with Crippen molar-refractivity contribution in [1.82, 2.24) is 5.32 Å². The number of amides is 1. The lowest BCUT2D eigenvalue weighted by molar-refractivity contribution is -0.384. The summed E-state index contributed by atoms with van der Waals surface area (Å²) < 4.78 is 0. The summed E-state index contributed by atoms with van der Waals surface area (Å²) >= 11 is 0. The monoisotopic (exact) mass is 378 g/mol. The molecule has 0 atom stereocenters. The molecule has 2 rings (SSSR count). The normalized spacial score (nSPS) is 9.88. The number of hydrogen-bond donors (Lipinski definition) is 3. The molecule has 26 heavy (non-hydrogen) atoms. The van der Waals surface area contributed by atoms with Crippen molar-refractivity contribution in [2.45, 2.75) is 19.4 Å². The molecule has 7 nitrogen and oxygen atoms in total. The zero-order valence-electron chi connectivity index (χ0n) is 14.3. The van der Waals surface area contributed by atoms with Crippen molar-refractivity contribution in [2.24, 2.45) is 5.73 Å². The van der Waals surface area contributed by atoms with Crippen molar-refractivity contribution in [3.63, 3.8) is 0 Å². The van der Waals surface area contributed by atoms with E-state index < -0.39 is 4.92 Å². The van der Waals surface area contributed by atoms with Gasteiger partial charge in [-0.2, -0.15) is 0 Å². The van der Waals surface area contributed by atoms with Crippen molar-refractivity contribution in [3.8, 4) is 0 Å². The van der Waals surface area contributed by atoms with Gasteiger partial charge in [0.25, 0.3) is 11.6 Å². The highest BCUT2D eigenvalue weighted by Crippen LogP contribution is 2.26. The van der Waals surface area contributed by atoms with Crippen LogP contribution in [0.25, 0.3) is 0 Å². The lowest BCUT2D eigenvalue weighted by Crippen LogP contribution is -2.25. The molecule has 1 amide bonds. The van der Waals surface area contributed by atoms with Gasteiger partial charge in [0.05, 0.1) is 4.92 Å². The molecule has 4 N–H and O–H groups in total. The van der Waals surface area contributed by atoms with Gasteiger partial charge in [-0.1, -0.05) is 30.3 Å². The molecule has 2 aromatic rings. The summed E-state index contributed by atoms with van der Waals surface area (Å²) in [6.45, 7) is 1.53. The average Bonchev–Trinajstić information content (AvgIpc) is 2.64. The molecule has 8 heteroatoms. The smallest absolute Gasteiger partial charge is 0.293 e. The predicted molar refractivity (Wildman–Crippen MR) is 105 cm³/mol. The van der Waals surface area contributed by atoms with Gasteiger partial charge in [0.1, 0.15) is 5.69 Å². The number of unbranched alkanes of at least 4 members (excludes halogenated alkanes) is 1. The Morgan fingerprint density at radius 1 is 1.12 bits per heavy atom. The third-order valence-electron chi connectivity index (χ3n) is 3.70. The molecule has 2 aromatic carbocycles. The number of rotatable bonds is 9. The summed E-state index contributed by atoms with van der Waals surface area (Å²) in [5.41, 5.74) is 6.95. The molecule has 0 aromatic heterocycles. The Labute approximate surface area is 158 Å². The molecular formula is C18H23ClN4O3. The number of anilines is 1. The fraction of sp³-hybridized carbons (Fsp3) is 0.278. The largest absolute Gasteiger partial charge is 0.375 e. The van der Waals surface area contributed by atoms with E-state index in [4.69, 9.17) is 5.73 Å². The summed E-state index contributed by atoms with van der Waals surface area (Å²) in [4.78, 5) is 22.9. The molecule has 0 aliphatic carbocycles. The van der Waals surface area contributed by atoms with Gasteiger partial charge in [-0.15, -0.1) is 12.4 Å². The second-order valence-corrected chi connectivity index (χ2v) is 5.58. The van der Waals surface area contributed by atoms with Crippen LogP contribution in [0.5, 0.6) is 0 Å². The van der Waals surface area contributed by atoms with Crippen LogP contribution >= 0.6 is 12.4 Å². The number of benzene rings is 2. The number of carbonyl (C=O) groups excluding carboxylic acids is 1.